The van der Waals surface area contributed by atoms with Crippen molar-refractivity contribution in [2.24, 2.45) is 0 Å². The van der Waals surface area contributed by atoms with E-state index >= 15 is 0 Å². The number of nitrogens with zero attached hydrogens (tertiary/aromatic N) is 3. The van der Waals surface area contributed by atoms with Crippen LogP contribution in [0, 0.1) is 11.3 Å². The number of hydrogen-bond acceptors (Lipinski definition) is 5. The van der Waals surface area contributed by atoms with Gasteiger partial charge in [0, 0.05) is 37.4 Å². The molecule has 0 spiro atoms. The van der Waals surface area contributed by atoms with Crippen LogP contribution in [0.2, 0.25) is 0 Å². The van der Waals surface area contributed by atoms with Gasteiger partial charge >= 0.3 is 0 Å². The minimum absolute atomic E-state index is 0.150. The van der Waals surface area contributed by atoms with Crippen molar-refractivity contribution in [1.29, 1.82) is 5.26 Å². The zero-order valence-electron chi connectivity index (χ0n) is 13.9. The molecule has 2 rings (SSSR count). The molecule has 1 N–H and O–H groups in total. The Morgan fingerprint density at radius 3 is 2.32 bits per heavy atom. The van der Waals surface area contributed by atoms with Gasteiger partial charge in [-0.15, -0.1) is 0 Å². The number of carbonyl (C=O) groups is 2. The molecule has 8 nitrogen and oxygen atoms in total. The molecule has 0 aromatic heterocycles. The molecule has 1 saturated heterocycles. The van der Waals surface area contributed by atoms with Crippen LogP contribution in [0.1, 0.15) is 23.2 Å². The third kappa shape index (κ3) is 5.46. The predicted molar refractivity (Wildman–Crippen MR) is 92.2 cm³/mol. The molecule has 0 saturated carbocycles. The van der Waals surface area contributed by atoms with E-state index in [1.165, 1.54) is 12.1 Å². The van der Waals surface area contributed by atoms with Crippen molar-refractivity contribution in [2.75, 3.05) is 37.2 Å². The van der Waals surface area contributed by atoms with Gasteiger partial charge in [-0.1, -0.05) is 0 Å². The minimum atomic E-state index is -3.36. The number of rotatable bonds is 4. The van der Waals surface area contributed by atoms with Crippen LogP contribution < -0.4 is 4.72 Å². The van der Waals surface area contributed by atoms with Crippen LogP contribution in [-0.4, -0.2) is 62.5 Å². The Balaban J connectivity index is 2.01. The average molecular weight is 364 g/mol. The Kier molecular flexibility index (Phi) is 5.98. The molecule has 1 aliphatic rings. The van der Waals surface area contributed by atoms with E-state index in [-0.39, 0.29) is 18.2 Å². The Bertz CT molecular complexity index is 783. The summed E-state index contributed by atoms with van der Waals surface area (Å²) >= 11 is 0. The second-order valence-electron chi connectivity index (χ2n) is 5.81. The molecule has 9 heteroatoms. The molecular formula is C16H20N4O4S. The number of nitriles is 1. The van der Waals surface area contributed by atoms with Crippen LogP contribution in [0.3, 0.4) is 0 Å². The molecule has 0 radical (unpaired) electrons. The normalized spacial score (nSPS) is 15.2. The highest BCUT2D eigenvalue weighted by Crippen LogP contribution is 2.14. The molecular weight excluding hydrogens is 344 g/mol. The van der Waals surface area contributed by atoms with Gasteiger partial charge in [-0.2, -0.15) is 5.26 Å². The maximum Gasteiger partial charge on any atom is 0.253 e. The summed E-state index contributed by atoms with van der Waals surface area (Å²) in [7, 11) is -3.36. The lowest BCUT2D eigenvalue weighted by atomic mass is 10.2. The van der Waals surface area contributed by atoms with Crippen LogP contribution >= 0.6 is 0 Å². The summed E-state index contributed by atoms with van der Waals surface area (Å²) in [5.41, 5.74) is 0.846. The summed E-state index contributed by atoms with van der Waals surface area (Å²) in [5.74, 6) is -0.381. The van der Waals surface area contributed by atoms with Crippen molar-refractivity contribution in [2.45, 2.75) is 12.8 Å². The first-order valence-electron chi connectivity index (χ1n) is 7.82. The molecule has 25 heavy (non-hydrogen) atoms. The topological polar surface area (TPSA) is 111 Å². The summed E-state index contributed by atoms with van der Waals surface area (Å²) in [6.45, 7) is 1.86. The van der Waals surface area contributed by atoms with Crippen LogP contribution in [-0.2, 0) is 14.8 Å². The molecule has 1 aliphatic heterocycles. The van der Waals surface area contributed by atoms with E-state index in [9.17, 15) is 18.0 Å². The van der Waals surface area contributed by atoms with Gasteiger partial charge in [-0.25, -0.2) is 8.42 Å². The highest BCUT2D eigenvalue weighted by atomic mass is 32.2. The summed E-state index contributed by atoms with van der Waals surface area (Å²) in [4.78, 5) is 27.6. The Labute approximate surface area is 147 Å². The number of sulfonamides is 1. The second-order valence-corrected chi connectivity index (χ2v) is 7.56. The number of hydrogen-bond donors (Lipinski definition) is 1. The van der Waals surface area contributed by atoms with Crippen LogP contribution in [0.25, 0.3) is 0 Å². The van der Waals surface area contributed by atoms with Crippen LogP contribution in [0.4, 0.5) is 5.69 Å². The first-order chi connectivity index (χ1) is 11.8. The van der Waals surface area contributed by atoms with Crippen molar-refractivity contribution >= 4 is 27.5 Å². The first-order valence-corrected chi connectivity index (χ1v) is 9.71. The molecule has 1 aromatic rings. The molecule has 0 unspecified atom stereocenters. The fourth-order valence-corrected chi connectivity index (χ4v) is 3.19. The molecule has 134 valence electrons. The first kappa shape index (κ1) is 18.7. The van der Waals surface area contributed by atoms with Gasteiger partial charge < -0.3 is 9.80 Å². The lowest BCUT2D eigenvalue weighted by Gasteiger charge is -2.21. The third-order valence-corrected chi connectivity index (χ3v) is 4.41. The van der Waals surface area contributed by atoms with Gasteiger partial charge in [-0.05, 0) is 30.7 Å². The van der Waals surface area contributed by atoms with Crippen molar-refractivity contribution in [3.63, 3.8) is 0 Å². The minimum Gasteiger partial charge on any atom is -0.340 e. The SMILES string of the molecule is CS(=O)(=O)Nc1ccc(C(=O)N2CCCN(C(=O)CC#N)CC2)cc1. The van der Waals surface area contributed by atoms with E-state index in [0.29, 0.717) is 43.9 Å². The summed E-state index contributed by atoms with van der Waals surface area (Å²) in [6, 6.07) is 8.06. The molecule has 1 aromatic carbocycles. The highest BCUT2D eigenvalue weighted by molar-refractivity contribution is 7.92. The Morgan fingerprint density at radius 2 is 1.72 bits per heavy atom. The van der Waals surface area contributed by atoms with E-state index in [2.05, 4.69) is 4.72 Å². The maximum absolute atomic E-state index is 12.6. The van der Waals surface area contributed by atoms with Crippen LogP contribution in [0.15, 0.2) is 24.3 Å². The van der Waals surface area contributed by atoms with E-state index in [1.54, 1.807) is 21.9 Å². The van der Waals surface area contributed by atoms with E-state index < -0.39 is 10.0 Å². The zero-order chi connectivity index (χ0) is 18.4. The highest BCUT2D eigenvalue weighted by Gasteiger charge is 2.22. The van der Waals surface area contributed by atoms with Gasteiger partial charge in [0.1, 0.15) is 6.42 Å². The Hall–Kier alpha value is -2.60. The summed E-state index contributed by atoms with van der Waals surface area (Å²) in [6.07, 6.45) is 1.56. The zero-order valence-corrected chi connectivity index (χ0v) is 14.8. The van der Waals surface area contributed by atoms with Gasteiger partial charge in [-0.3, -0.25) is 14.3 Å². The number of nitrogens with one attached hydrogen (secondary N) is 1. The van der Waals surface area contributed by atoms with Gasteiger partial charge in [0.2, 0.25) is 15.9 Å². The lowest BCUT2D eigenvalue weighted by molar-refractivity contribution is -0.130. The second kappa shape index (κ2) is 7.98. The van der Waals surface area contributed by atoms with Crippen molar-refractivity contribution < 1.29 is 18.0 Å². The quantitative estimate of drug-likeness (QED) is 0.843. The standard InChI is InChI=1S/C16H20N4O4S/c1-25(23,24)18-14-5-3-13(4-6-14)16(22)20-10-2-9-19(11-12-20)15(21)7-8-17/h3-6,18H,2,7,9-12H2,1H3. The maximum atomic E-state index is 12.6. The average Bonchev–Trinajstić information content (AvgIpc) is 2.80. The summed E-state index contributed by atoms with van der Waals surface area (Å²) < 4.78 is 24.7. The van der Waals surface area contributed by atoms with Crippen molar-refractivity contribution in [3.05, 3.63) is 29.8 Å². The van der Waals surface area contributed by atoms with E-state index in [1.807, 2.05) is 6.07 Å². The number of benzene rings is 1. The van der Waals surface area contributed by atoms with E-state index in [0.717, 1.165) is 6.26 Å². The fraction of sp³-hybridized carbons (Fsp3) is 0.438. The molecule has 0 bridgehead atoms. The predicted octanol–water partition coefficient (Wildman–Crippen LogP) is 0.646. The third-order valence-electron chi connectivity index (χ3n) is 3.80. The molecule has 1 heterocycles. The van der Waals surface area contributed by atoms with Crippen molar-refractivity contribution in [3.8, 4) is 6.07 Å². The fourth-order valence-electron chi connectivity index (χ4n) is 2.63. The smallest absolute Gasteiger partial charge is 0.253 e. The molecule has 0 aliphatic carbocycles. The molecule has 0 atom stereocenters. The van der Waals surface area contributed by atoms with Gasteiger partial charge in [0.05, 0.1) is 12.3 Å². The number of amides is 2. The number of carbonyl (C=O) groups excluding carboxylic acids is 2. The molecule has 1 fully saturated rings. The monoisotopic (exact) mass is 364 g/mol. The Morgan fingerprint density at radius 1 is 1.12 bits per heavy atom. The van der Waals surface area contributed by atoms with Gasteiger partial charge in [0.15, 0.2) is 0 Å². The van der Waals surface area contributed by atoms with Crippen molar-refractivity contribution in [1.82, 2.24) is 9.80 Å². The molecule has 2 amide bonds. The largest absolute Gasteiger partial charge is 0.340 e. The van der Waals surface area contributed by atoms with Gasteiger partial charge in [0.25, 0.3) is 5.91 Å². The lowest BCUT2D eigenvalue weighted by Crippen LogP contribution is -2.37. The summed E-state index contributed by atoms with van der Waals surface area (Å²) in [5, 5.41) is 8.61. The van der Waals surface area contributed by atoms with E-state index in [4.69, 9.17) is 5.26 Å². The number of anilines is 1. The van der Waals surface area contributed by atoms with Crippen LogP contribution in [0.5, 0.6) is 0 Å².